The number of hydrogen-bond donors (Lipinski definition) is 2. The van der Waals surface area contributed by atoms with Crippen molar-refractivity contribution in [2.24, 2.45) is 0 Å². The first-order valence-electron chi connectivity index (χ1n) is 5.67. The molecular weight excluding hydrogens is 300 g/mol. The highest BCUT2D eigenvalue weighted by Gasteiger charge is 2.24. The van der Waals surface area contributed by atoms with Gasteiger partial charge in [-0.1, -0.05) is 0 Å². The molecule has 1 saturated heterocycles. The number of aliphatic hydroxyl groups excluding tert-OH is 1. The van der Waals surface area contributed by atoms with Gasteiger partial charge < -0.3 is 20.1 Å². The molecule has 2 N–H and O–H groups in total. The van der Waals surface area contributed by atoms with Crippen LogP contribution in [0.1, 0.15) is 6.42 Å². The average Bonchev–Trinajstić information content (AvgIpc) is 2.78. The van der Waals surface area contributed by atoms with Crippen LogP contribution in [0.2, 0.25) is 0 Å². The molecule has 1 atom stereocenters. The van der Waals surface area contributed by atoms with E-state index in [2.05, 4.69) is 21.2 Å². The van der Waals surface area contributed by atoms with Crippen LogP contribution in [-0.4, -0.2) is 42.3 Å². The number of carbonyl (C=O) groups is 1. The van der Waals surface area contributed by atoms with Gasteiger partial charge in [-0.2, -0.15) is 0 Å². The van der Waals surface area contributed by atoms with Crippen molar-refractivity contribution in [1.29, 1.82) is 0 Å². The topological polar surface area (TPSA) is 61.8 Å². The molecule has 0 saturated carbocycles. The molecule has 1 aromatic rings. The molecule has 1 aromatic carbocycles. The van der Waals surface area contributed by atoms with E-state index in [1.807, 2.05) is 6.07 Å². The van der Waals surface area contributed by atoms with Gasteiger partial charge in [0, 0.05) is 24.8 Å². The molecule has 2 rings (SSSR count). The molecule has 0 bridgehead atoms. The summed E-state index contributed by atoms with van der Waals surface area (Å²) in [7, 11) is 1.57. The summed E-state index contributed by atoms with van der Waals surface area (Å²) >= 11 is 3.35. The standard InChI is InChI=1S/C12H15BrN2O3/c1-18-11-6-8(2-3-10(11)13)14-12(17)15-5-4-9(16)7-15/h2-3,6,9,16H,4-5,7H2,1H3,(H,14,17)/t9-/m0/s1. The van der Waals surface area contributed by atoms with Crippen molar-refractivity contribution in [2.45, 2.75) is 12.5 Å². The molecule has 18 heavy (non-hydrogen) atoms. The first-order valence-corrected chi connectivity index (χ1v) is 6.47. The first kappa shape index (κ1) is 13.2. The molecule has 0 spiro atoms. The van der Waals surface area contributed by atoms with E-state index < -0.39 is 6.10 Å². The van der Waals surface area contributed by atoms with Crippen LogP contribution in [0.15, 0.2) is 22.7 Å². The van der Waals surface area contributed by atoms with Crippen LogP contribution in [0.3, 0.4) is 0 Å². The number of anilines is 1. The Morgan fingerprint density at radius 2 is 2.39 bits per heavy atom. The van der Waals surface area contributed by atoms with Gasteiger partial charge in [0.15, 0.2) is 0 Å². The number of halogens is 1. The average molecular weight is 315 g/mol. The van der Waals surface area contributed by atoms with Gasteiger partial charge in [0.1, 0.15) is 5.75 Å². The van der Waals surface area contributed by atoms with E-state index in [0.29, 0.717) is 30.9 Å². The molecule has 2 amide bonds. The zero-order chi connectivity index (χ0) is 13.1. The molecule has 0 aliphatic carbocycles. The first-order chi connectivity index (χ1) is 8.60. The van der Waals surface area contributed by atoms with Crippen LogP contribution >= 0.6 is 15.9 Å². The maximum absolute atomic E-state index is 11.9. The van der Waals surface area contributed by atoms with Crippen LogP contribution in [0, 0.1) is 0 Å². The SMILES string of the molecule is COc1cc(NC(=O)N2CC[C@H](O)C2)ccc1Br. The Kier molecular flexibility index (Phi) is 4.08. The minimum Gasteiger partial charge on any atom is -0.495 e. The van der Waals surface area contributed by atoms with Crippen LogP contribution in [0.25, 0.3) is 0 Å². The van der Waals surface area contributed by atoms with Gasteiger partial charge >= 0.3 is 6.03 Å². The Morgan fingerprint density at radius 1 is 1.61 bits per heavy atom. The number of benzene rings is 1. The molecule has 0 aromatic heterocycles. The second kappa shape index (κ2) is 5.58. The molecule has 1 fully saturated rings. The van der Waals surface area contributed by atoms with Crippen LogP contribution in [0.5, 0.6) is 5.75 Å². The predicted octanol–water partition coefficient (Wildman–Crippen LogP) is 2.06. The van der Waals surface area contributed by atoms with Crippen molar-refractivity contribution in [1.82, 2.24) is 4.90 Å². The lowest BCUT2D eigenvalue weighted by atomic mass is 10.3. The Hall–Kier alpha value is -1.27. The summed E-state index contributed by atoms with van der Waals surface area (Å²) in [5, 5.41) is 12.2. The van der Waals surface area contributed by atoms with E-state index in [1.54, 1.807) is 24.1 Å². The van der Waals surface area contributed by atoms with Crippen molar-refractivity contribution in [2.75, 3.05) is 25.5 Å². The third kappa shape index (κ3) is 2.94. The third-order valence-electron chi connectivity index (χ3n) is 2.85. The molecular formula is C12H15BrN2O3. The molecule has 1 aliphatic heterocycles. The monoisotopic (exact) mass is 314 g/mol. The molecule has 5 nitrogen and oxygen atoms in total. The van der Waals surface area contributed by atoms with E-state index in [4.69, 9.17) is 4.74 Å². The van der Waals surface area contributed by atoms with Crippen molar-refractivity contribution in [3.8, 4) is 5.75 Å². The van der Waals surface area contributed by atoms with E-state index in [-0.39, 0.29) is 6.03 Å². The van der Waals surface area contributed by atoms with Crippen LogP contribution in [0.4, 0.5) is 10.5 Å². The number of urea groups is 1. The van der Waals surface area contributed by atoms with Gasteiger partial charge in [-0.3, -0.25) is 0 Å². The van der Waals surface area contributed by atoms with Crippen LogP contribution < -0.4 is 10.1 Å². The molecule has 1 heterocycles. The number of nitrogens with zero attached hydrogens (tertiary/aromatic N) is 1. The number of rotatable bonds is 2. The summed E-state index contributed by atoms with van der Waals surface area (Å²) in [6.45, 7) is 0.972. The Morgan fingerprint density at radius 3 is 3.00 bits per heavy atom. The second-order valence-corrected chi connectivity index (χ2v) is 5.02. The fraction of sp³-hybridized carbons (Fsp3) is 0.417. The highest BCUT2D eigenvalue weighted by Crippen LogP contribution is 2.28. The van der Waals surface area contributed by atoms with E-state index in [0.717, 1.165) is 4.47 Å². The molecule has 0 radical (unpaired) electrons. The zero-order valence-corrected chi connectivity index (χ0v) is 11.6. The maximum atomic E-state index is 11.9. The normalized spacial score (nSPS) is 18.8. The Balaban J connectivity index is 2.03. The van der Waals surface area contributed by atoms with Gasteiger partial charge in [0.25, 0.3) is 0 Å². The zero-order valence-electron chi connectivity index (χ0n) is 10.0. The summed E-state index contributed by atoms with van der Waals surface area (Å²) in [5.41, 5.74) is 0.668. The number of likely N-dealkylation sites (tertiary alicyclic amines) is 1. The third-order valence-corrected chi connectivity index (χ3v) is 3.51. The second-order valence-electron chi connectivity index (χ2n) is 4.17. The fourth-order valence-electron chi connectivity index (χ4n) is 1.87. The van der Waals surface area contributed by atoms with Gasteiger partial charge in [-0.05, 0) is 34.5 Å². The van der Waals surface area contributed by atoms with Gasteiger partial charge in [-0.15, -0.1) is 0 Å². The molecule has 6 heteroatoms. The van der Waals surface area contributed by atoms with Gasteiger partial charge in [0.05, 0.1) is 17.7 Å². The molecule has 1 aliphatic rings. The molecule has 98 valence electrons. The summed E-state index contributed by atoms with van der Waals surface area (Å²) in [4.78, 5) is 13.5. The van der Waals surface area contributed by atoms with E-state index in [1.165, 1.54) is 0 Å². The number of amides is 2. The summed E-state index contributed by atoms with van der Waals surface area (Å²) in [5.74, 6) is 0.661. The maximum Gasteiger partial charge on any atom is 0.321 e. The lowest BCUT2D eigenvalue weighted by Crippen LogP contribution is -2.33. The lowest BCUT2D eigenvalue weighted by Gasteiger charge is -2.17. The van der Waals surface area contributed by atoms with Crippen molar-refractivity contribution < 1.29 is 14.6 Å². The number of nitrogens with one attached hydrogen (secondary N) is 1. The number of carbonyl (C=O) groups excluding carboxylic acids is 1. The summed E-state index contributed by atoms with van der Waals surface area (Å²) in [6.07, 6.45) is 0.229. The lowest BCUT2D eigenvalue weighted by molar-refractivity contribution is 0.176. The largest absolute Gasteiger partial charge is 0.495 e. The van der Waals surface area contributed by atoms with Crippen LogP contribution in [-0.2, 0) is 0 Å². The Bertz CT molecular complexity index is 453. The predicted molar refractivity (Wildman–Crippen MR) is 71.9 cm³/mol. The number of ether oxygens (including phenoxy) is 1. The highest BCUT2D eigenvalue weighted by atomic mass is 79.9. The smallest absolute Gasteiger partial charge is 0.321 e. The summed E-state index contributed by atoms with van der Waals surface area (Å²) < 4.78 is 5.99. The minimum absolute atomic E-state index is 0.198. The number of methoxy groups -OCH3 is 1. The number of aliphatic hydroxyl groups is 1. The summed E-state index contributed by atoms with van der Waals surface area (Å²) in [6, 6.07) is 5.15. The quantitative estimate of drug-likeness (QED) is 0.878. The van der Waals surface area contributed by atoms with Crippen molar-refractivity contribution in [3.05, 3.63) is 22.7 Å². The van der Waals surface area contributed by atoms with Gasteiger partial charge in [0.2, 0.25) is 0 Å². The fourth-order valence-corrected chi connectivity index (χ4v) is 2.27. The van der Waals surface area contributed by atoms with Crippen molar-refractivity contribution in [3.63, 3.8) is 0 Å². The van der Waals surface area contributed by atoms with Gasteiger partial charge in [-0.25, -0.2) is 4.79 Å². The minimum atomic E-state index is -0.407. The van der Waals surface area contributed by atoms with E-state index >= 15 is 0 Å². The Labute approximate surface area is 114 Å². The van der Waals surface area contributed by atoms with Crippen molar-refractivity contribution >= 4 is 27.6 Å². The number of β-amino-alcohol motifs (C(OH)–C–C–N with tert-alkyl or cyclic N) is 1. The molecule has 0 unspecified atom stereocenters. The number of hydrogen-bond acceptors (Lipinski definition) is 3. The highest BCUT2D eigenvalue weighted by molar-refractivity contribution is 9.10. The van der Waals surface area contributed by atoms with E-state index in [9.17, 15) is 9.90 Å².